The number of hydrogen-bond acceptors (Lipinski definition) is 15. The molecule has 9 N–H and O–H groups in total. The number of aliphatic hydroxyl groups excluding tert-OH is 4. The van der Waals surface area contributed by atoms with Gasteiger partial charge in [-0.3, -0.25) is 0 Å². The van der Waals surface area contributed by atoms with Crippen LogP contribution in [0.25, 0.3) is 6.08 Å². The lowest BCUT2D eigenvalue weighted by molar-refractivity contribution is -0.336. The van der Waals surface area contributed by atoms with E-state index in [-0.39, 0.29) is 30.3 Å². The Morgan fingerprint density at radius 3 is 2.28 bits per heavy atom. The van der Waals surface area contributed by atoms with Gasteiger partial charge in [-0.15, -0.1) is 0 Å². The van der Waals surface area contributed by atoms with E-state index < -0.39 is 80.2 Å². The number of ether oxygens (including phenoxy) is 5. The molecular weight excluding hydrogens is 576 g/mol. The van der Waals surface area contributed by atoms with Crippen LogP contribution in [0.5, 0.6) is 23.0 Å². The lowest BCUT2D eigenvalue weighted by Crippen LogP contribution is -2.62. The van der Waals surface area contributed by atoms with Gasteiger partial charge in [0, 0.05) is 6.08 Å². The molecule has 2 heterocycles. The minimum Gasteiger partial charge on any atom is -0.504 e. The van der Waals surface area contributed by atoms with Crippen LogP contribution in [0.1, 0.15) is 11.1 Å². The molecule has 0 aliphatic carbocycles. The quantitative estimate of drug-likeness (QED) is 0.0806. The van der Waals surface area contributed by atoms with Gasteiger partial charge in [0.05, 0.1) is 26.4 Å². The number of rotatable bonds is 11. The predicted molar refractivity (Wildman–Crippen MR) is 143 cm³/mol. The van der Waals surface area contributed by atoms with Crippen molar-refractivity contribution in [3.63, 3.8) is 0 Å². The van der Waals surface area contributed by atoms with Gasteiger partial charge >= 0.3 is 5.97 Å². The number of hydrogen-bond donors (Lipinski definition) is 9. The minimum absolute atomic E-state index is 0.0947. The zero-order valence-electron chi connectivity index (χ0n) is 22.7. The van der Waals surface area contributed by atoms with Crippen molar-refractivity contribution in [1.82, 2.24) is 0 Å². The fourth-order valence-corrected chi connectivity index (χ4v) is 4.52. The van der Waals surface area contributed by atoms with Crippen molar-refractivity contribution in [2.45, 2.75) is 55.1 Å². The van der Waals surface area contributed by atoms with Crippen molar-refractivity contribution in [3.8, 4) is 23.0 Å². The number of benzene rings is 2. The molecule has 0 bridgehead atoms. The van der Waals surface area contributed by atoms with Crippen molar-refractivity contribution < 1.29 is 74.4 Å². The van der Waals surface area contributed by atoms with E-state index in [4.69, 9.17) is 23.7 Å². The summed E-state index contributed by atoms with van der Waals surface area (Å²) in [5.74, 6) is -2.44. The van der Waals surface area contributed by atoms with E-state index in [2.05, 4.69) is 0 Å². The standard InChI is InChI=1S/C28H34O15/c29-11-20-22(36)23(42-21(35)6-3-14-1-4-16(31)18(33)9-14)24(43-27-25(37)28(38,12-30)13-40-27)26(41-20)39-8-7-15-2-5-17(32)19(34)10-15/h1-6,9-10,20,22-27,29-34,36-38H,7-8,11-13H2/b6-3+/t20-,22-,23+,24-,25+,26+,27+,28-/m0/s1. The normalized spacial score (nSPS) is 31.0. The Hall–Kier alpha value is -3.51. The van der Waals surface area contributed by atoms with Crippen molar-refractivity contribution in [2.24, 2.45) is 0 Å². The third kappa shape index (κ3) is 7.53. The molecule has 0 saturated carbocycles. The molecule has 0 spiro atoms. The third-order valence-electron chi connectivity index (χ3n) is 7.05. The van der Waals surface area contributed by atoms with E-state index in [1.807, 2.05) is 0 Å². The second-order valence-electron chi connectivity index (χ2n) is 10.1. The first-order valence-corrected chi connectivity index (χ1v) is 13.2. The van der Waals surface area contributed by atoms with Gasteiger partial charge in [-0.05, 0) is 47.9 Å². The van der Waals surface area contributed by atoms with Crippen molar-refractivity contribution in [3.05, 3.63) is 53.6 Å². The SMILES string of the molecule is O=C(/C=C/c1ccc(O)c(O)c1)O[C@@H]1[C@@H](O)[C@H](CO)O[C@@H](OCCc2ccc(O)c(O)c2)[C@H]1O[C@H]1OC[C@@](O)(CO)[C@@H]1O. The minimum atomic E-state index is -2.06. The van der Waals surface area contributed by atoms with Crippen LogP contribution in [0.15, 0.2) is 42.5 Å². The molecule has 43 heavy (non-hydrogen) atoms. The Morgan fingerprint density at radius 2 is 1.65 bits per heavy atom. The van der Waals surface area contributed by atoms with Gasteiger partial charge in [0.15, 0.2) is 47.8 Å². The van der Waals surface area contributed by atoms with Crippen LogP contribution in [0.4, 0.5) is 0 Å². The summed E-state index contributed by atoms with van der Waals surface area (Å²) in [6.07, 6.45) is -8.45. The first kappa shape index (κ1) is 32.4. The van der Waals surface area contributed by atoms with Crippen molar-refractivity contribution >= 4 is 12.0 Å². The summed E-state index contributed by atoms with van der Waals surface area (Å²) in [7, 11) is 0. The summed E-state index contributed by atoms with van der Waals surface area (Å²) in [6.45, 7) is -2.18. The fraction of sp³-hybridized carbons (Fsp3) is 0.464. The Labute approximate surface area is 245 Å². The lowest BCUT2D eigenvalue weighted by Gasteiger charge is -2.44. The van der Waals surface area contributed by atoms with Gasteiger partial charge in [-0.1, -0.05) is 12.1 Å². The Balaban J connectivity index is 1.55. The summed E-state index contributed by atoms with van der Waals surface area (Å²) < 4.78 is 28.1. The second-order valence-corrected chi connectivity index (χ2v) is 10.1. The summed E-state index contributed by atoms with van der Waals surface area (Å²) in [5, 5.41) is 89.6. The molecular formula is C28H34O15. The highest BCUT2D eigenvalue weighted by atomic mass is 16.8. The van der Waals surface area contributed by atoms with Crippen LogP contribution in [0.2, 0.25) is 0 Å². The van der Waals surface area contributed by atoms with E-state index in [9.17, 15) is 50.8 Å². The number of esters is 1. The van der Waals surface area contributed by atoms with E-state index in [0.29, 0.717) is 11.1 Å². The maximum Gasteiger partial charge on any atom is 0.331 e. The zero-order valence-corrected chi connectivity index (χ0v) is 22.7. The van der Waals surface area contributed by atoms with Gasteiger partial charge in [0.2, 0.25) is 0 Å². The van der Waals surface area contributed by atoms with Crippen LogP contribution in [0.3, 0.4) is 0 Å². The third-order valence-corrected chi connectivity index (χ3v) is 7.05. The molecule has 2 aliphatic rings. The van der Waals surface area contributed by atoms with E-state index in [0.717, 1.165) is 6.08 Å². The average molecular weight is 611 g/mol. The van der Waals surface area contributed by atoms with Crippen LogP contribution < -0.4 is 0 Å². The molecule has 0 radical (unpaired) electrons. The van der Waals surface area contributed by atoms with Gasteiger partial charge in [0.25, 0.3) is 0 Å². The first-order chi connectivity index (χ1) is 20.4. The number of aliphatic hydroxyl groups is 5. The Morgan fingerprint density at radius 1 is 0.953 bits per heavy atom. The zero-order chi connectivity index (χ0) is 31.3. The van der Waals surface area contributed by atoms with Crippen LogP contribution in [-0.2, 0) is 34.9 Å². The number of aromatic hydroxyl groups is 4. The molecule has 2 fully saturated rings. The van der Waals surface area contributed by atoms with Gasteiger partial charge in [-0.25, -0.2) is 4.79 Å². The Bertz CT molecular complexity index is 1280. The molecule has 0 unspecified atom stereocenters. The number of phenols is 4. The lowest BCUT2D eigenvalue weighted by atomic mass is 9.97. The number of phenolic OH excluding ortho intramolecular Hbond substituents is 4. The molecule has 2 aromatic carbocycles. The summed E-state index contributed by atoms with van der Waals surface area (Å²) >= 11 is 0. The molecule has 15 nitrogen and oxygen atoms in total. The highest BCUT2D eigenvalue weighted by Gasteiger charge is 2.54. The van der Waals surface area contributed by atoms with E-state index in [1.165, 1.54) is 42.5 Å². The van der Waals surface area contributed by atoms with Crippen molar-refractivity contribution in [2.75, 3.05) is 26.4 Å². The molecule has 2 saturated heterocycles. The molecule has 8 atom stereocenters. The molecule has 2 aliphatic heterocycles. The molecule has 2 aromatic rings. The van der Waals surface area contributed by atoms with E-state index >= 15 is 0 Å². The highest BCUT2D eigenvalue weighted by molar-refractivity contribution is 5.87. The smallest absolute Gasteiger partial charge is 0.331 e. The fourth-order valence-electron chi connectivity index (χ4n) is 4.52. The maximum absolute atomic E-state index is 12.8. The summed E-state index contributed by atoms with van der Waals surface area (Å²) in [5.41, 5.74) is -1.17. The predicted octanol–water partition coefficient (Wildman–Crippen LogP) is -1.40. The average Bonchev–Trinajstić information content (AvgIpc) is 3.27. The Kier molecular flexibility index (Phi) is 10.4. The summed E-state index contributed by atoms with van der Waals surface area (Å²) in [6, 6.07) is 7.95. The number of carbonyl (C=O) groups is 1. The maximum atomic E-state index is 12.8. The van der Waals surface area contributed by atoms with Crippen LogP contribution in [-0.4, -0.2) is 127 Å². The highest BCUT2D eigenvalue weighted by Crippen LogP contribution is 2.33. The van der Waals surface area contributed by atoms with Crippen LogP contribution >= 0.6 is 0 Å². The monoisotopic (exact) mass is 610 g/mol. The van der Waals surface area contributed by atoms with Gasteiger partial charge in [0.1, 0.15) is 23.9 Å². The number of carbonyl (C=O) groups excluding carboxylic acids is 1. The first-order valence-electron chi connectivity index (χ1n) is 13.2. The van der Waals surface area contributed by atoms with Crippen LogP contribution in [0, 0.1) is 0 Å². The molecule has 236 valence electrons. The van der Waals surface area contributed by atoms with Gasteiger partial charge in [-0.2, -0.15) is 0 Å². The molecule has 0 aromatic heterocycles. The van der Waals surface area contributed by atoms with Gasteiger partial charge < -0.3 is 69.6 Å². The second kappa shape index (κ2) is 13.9. The molecule has 15 heteroatoms. The topological polar surface area (TPSA) is 245 Å². The molecule has 0 amide bonds. The largest absolute Gasteiger partial charge is 0.504 e. The van der Waals surface area contributed by atoms with E-state index in [1.54, 1.807) is 0 Å². The molecule has 4 rings (SSSR count). The van der Waals surface area contributed by atoms with Crippen molar-refractivity contribution in [1.29, 1.82) is 0 Å². The summed E-state index contributed by atoms with van der Waals surface area (Å²) in [4.78, 5) is 12.8.